The highest BCUT2D eigenvalue weighted by molar-refractivity contribution is 7.98. The van der Waals surface area contributed by atoms with Gasteiger partial charge < -0.3 is 10.6 Å². The second kappa shape index (κ2) is 6.69. The maximum Gasteiger partial charge on any atom is 0.191 e. The molecule has 0 spiro atoms. The zero-order chi connectivity index (χ0) is 12.8. The van der Waals surface area contributed by atoms with Crippen molar-refractivity contribution in [3.8, 4) is 0 Å². The molecule has 0 bridgehead atoms. The molecule has 0 aromatic carbocycles. The lowest BCUT2D eigenvalue weighted by atomic mass is 9.98. The van der Waals surface area contributed by atoms with Gasteiger partial charge in [-0.05, 0) is 18.1 Å². The Morgan fingerprint density at radius 1 is 1.24 bits per heavy atom. The van der Waals surface area contributed by atoms with Crippen LogP contribution in [0.1, 0.15) is 20.8 Å². The third kappa shape index (κ3) is 4.42. The molecule has 1 heterocycles. The first-order chi connectivity index (χ1) is 8.06. The van der Waals surface area contributed by atoms with E-state index >= 15 is 0 Å². The van der Waals surface area contributed by atoms with Crippen molar-refractivity contribution in [2.75, 3.05) is 30.5 Å². The summed E-state index contributed by atoms with van der Waals surface area (Å²) in [6.07, 6.45) is 1.98. The van der Waals surface area contributed by atoms with Gasteiger partial charge in [-0.15, -0.1) is 0 Å². The Balaban J connectivity index is 2.70. The Hall–Kier alpha value is -0.970. The third-order valence-corrected chi connectivity index (χ3v) is 3.44. The summed E-state index contributed by atoms with van der Waals surface area (Å²) in [6, 6.07) is 1.94. The Morgan fingerprint density at radius 3 is 2.41 bits per heavy atom. The van der Waals surface area contributed by atoms with E-state index in [2.05, 4.69) is 41.4 Å². The highest BCUT2D eigenvalue weighted by Crippen LogP contribution is 2.18. The van der Waals surface area contributed by atoms with Gasteiger partial charge >= 0.3 is 0 Å². The molecule has 1 aromatic rings. The van der Waals surface area contributed by atoms with Crippen LogP contribution in [-0.2, 0) is 0 Å². The lowest BCUT2D eigenvalue weighted by Crippen LogP contribution is -2.17. The topological polar surface area (TPSA) is 49.8 Å². The minimum Gasteiger partial charge on any atom is -0.373 e. The lowest BCUT2D eigenvalue weighted by molar-refractivity contribution is 0.439. The van der Waals surface area contributed by atoms with Gasteiger partial charge in [0, 0.05) is 19.7 Å². The van der Waals surface area contributed by atoms with Gasteiger partial charge in [0.05, 0.1) is 0 Å². The molecule has 4 nitrogen and oxygen atoms in total. The average molecular weight is 254 g/mol. The second-order valence-corrected chi connectivity index (χ2v) is 5.25. The maximum atomic E-state index is 4.43. The van der Waals surface area contributed by atoms with Crippen LogP contribution in [-0.4, -0.2) is 29.8 Å². The van der Waals surface area contributed by atoms with Crippen LogP contribution < -0.4 is 10.6 Å². The molecule has 0 saturated heterocycles. The van der Waals surface area contributed by atoms with Crippen molar-refractivity contribution in [3.63, 3.8) is 0 Å². The van der Waals surface area contributed by atoms with E-state index in [4.69, 9.17) is 0 Å². The molecule has 0 aliphatic carbocycles. The van der Waals surface area contributed by atoms with Crippen LogP contribution in [0.2, 0.25) is 0 Å². The summed E-state index contributed by atoms with van der Waals surface area (Å²) in [5.74, 6) is 3.04. The van der Waals surface area contributed by atoms with Gasteiger partial charge in [0.15, 0.2) is 5.16 Å². The average Bonchev–Trinajstić information content (AvgIpc) is 2.35. The standard InChI is InChI=1S/C12H22N4S/c1-8(2)9(3)7-14-11-6-10(13-4)15-12(16-11)17-5/h6,8-9H,7H2,1-5H3,(H2,13,14,15,16). The molecule has 17 heavy (non-hydrogen) atoms. The number of anilines is 2. The van der Waals surface area contributed by atoms with E-state index < -0.39 is 0 Å². The van der Waals surface area contributed by atoms with E-state index in [-0.39, 0.29) is 0 Å². The summed E-state index contributed by atoms with van der Waals surface area (Å²) in [6.45, 7) is 7.65. The highest BCUT2D eigenvalue weighted by Gasteiger charge is 2.08. The van der Waals surface area contributed by atoms with Crippen LogP contribution in [0.3, 0.4) is 0 Å². The van der Waals surface area contributed by atoms with Crippen LogP contribution in [0, 0.1) is 11.8 Å². The van der Waals surface area contributed by atoms with Crippen LogP contribution in [0.15, 0.2) is 11.2 Å². The number of hydrogen-bond donors (Lipinski definition) is 2. The van der Waals surface area contributed by atoms with Crippen molar-refractivity contribution in [1.82, 2.24) is 9.97 Å². The molecule has 0 radical (unpaired) electrons. The van der Waals surface area contributed by atoms with E-state index in [0.29, 0.717) is 11.8 Å². The van der Waals surface area contributed by atoms with E-state index in [9.17, 15) is 0 Å². The molecule has 0 aliphatic heterocycles. The van der Waals surface area contributed by atoms with Crippen LogP contribution >= 0.6 is 11.8 Å². The first-order valence-electron chi connectivity index (χ1n) is 5.91. The Bertz CT molecular complexity index is 332. The van der Waals surface area contributed by atoms with Crippen molar-refractivity contribution < 1.29 is 0 Å². The fourth-order valence-electron chi connectivity index (χ4n) is 1.24. The number of nitrogens with one attached hydrogen (secondary N) is 2. The molecular weight excluding hydrogens is 232 g/mol. The number of aromatic nitrogens is 2. The molecule has 5 heteroatoms. The van der Waals surface area contributed by atoms with Gasteiger partial charge in [-0.2, -0.15) is 0 Å². The molecule has 1 aromatic heterocycles. The van der Waals surface area contributed by atoms with E-state index in [1.807, 2.05) is 19.4 Å². The highest BCUT2D eigenvalue weighted by atomic mass is 32.2. The van der Waals surface area contributed by atoms with Gasteiger partial charge in [-0.3, -0.25) is 0 Å². The molecule has 0 fully saturated rings. The SMILES string of the molecule is CNc1cc(NCC(C)C(C)C)nc(SC)n1. The number of thioether (sulfide) groups is 1. The Morgan fingerprint density at radius 2 is 1.88 bits per heavy atom. The summed E-state index contributed by atoms with van der Waals surface area (Å²) in [5.41, 5.74) is 0. The molecule has 0 amide bonds. The molecule has 1 atom stereocenters. The van der Waals surface area contributed by atoms with E-state index in [1.54, 1.807) is 11.8 Å². The molecular formula is C12H22N4S. The summed E-state index contributed by atoms with van der Waals surface area (Å²) < 4.78 is 0. The van der Waals surface area contributed by atoms with Crippen molar-refractivity contribution in [2.24, 2.45) is 11.8 Å². The summed E-state index contributed by atoms with van der Waals surface area (Å²) in [4.78, 5) is 8.77. The number of rotatable bonds is 6. The monoisotopic (exact) mass is 254 g/mol. The van der Waals surface area contributed by atoms with Crippen LogP contribution in [0.25, 0.3) is 0 Å². The fraction of sp³-hybridized carbons (Fsp3) is 0.667. The zero-order valence-corrected chi connectivity index (χ0v) is 12.1. The predicted molar refractivity (Wildman–Crippen MR) is 75.9 cm³/mol. The minimum absolute atomic E-state index is 0.626. The smallest absolute Gasteiger partial charge is 0.191 e. The van der Waals surface area contributed by atoms with Gasteiger partial charge in [0.25, 0.3) is 0 Å². The first-order valence-corrected chi connectivity index (χ1v) is 7.14. The van der Waals surface area contributed by atoms with Gasteiger partial charge in [-0.25, -0.2) is 9.97 Å². The van der Waals surface area contributed by atoms with Crippen molar-refractivity contribution >= 4 is 23.4 Å². The van der Waals surface area contributed by atoms with Gasteiger partial charge in [0.2, 0.25) is 0 Å². The fourth-order valence-corrected chi connectivity index (χ4v) is 1.62. The minimum atomic E-state index is 0.626. The molecule has 96 valence electrons. The van der Waals surface area contributed by atoms with Gasteiger partial charge in [-0.1, -0.05) is 32.5 Å². The largest absolute Gasteiger partial charge is 0.373 e. The lowest BCUT2D eigenvalue weighted by Gasteiger charge is -2.17. The summed E-state index contributed by atoms with van der Waals surface area (Å²) in [7, 11) is 1.87. The van der Waals surface area contributed by atoms with Crippen LogP contribution in [0.5, 0.6) is 0 Å². The number of hydrogen-bond acceptors (Lipinski definition) is 5. The predicted octanol–water partition coefficient (Wildman–Crippen LogP) is 2.94. The van der Waals surface area contributed by atoms with Crippen molar-refractivity contribution in [2.45, 2.75) is 25.9 Å². The quantitative estimate of drug-likeness (QED) is 0.604. The molecule has 2 N–H and O–H groups in total. The van der Waals surface area contributed by atoms with E-state index in [0.717, 1.165) is 23.3 Å². The van der Waals surface area contributed by atoms with E-state index in [1.165, 1.54) is 0 Å². The van der Waals surface area contributed by atoms with Crippen LogP contribution in [0.4, 0.5) is 11.6 Å². The first kappa shape index (κ1) is 14.1. The zero-order valence-electron chi connectivity index (χ0n) is 11.2. The molecule has 1 unspecified atom stereocenters. The Labute approximate surface area is 108 Å². The molecule has 0 saturated carbocycles. The molecule has 1 rings (SSSR count). The van der Waals surface area contributed by atoms with Crippen molar-refractivity contribution in [1.29, 1.82) is 0 Å². The normalized spacial score (nSPS) is 12.6. The Kier molecular flexibility index (Phi) is 5.55. The summed E-state index contributed by atoms with van der Waals surface area (Å²) in [5, 5.41) is 7.21. The van der Waals surface area contributed by atoms with Gasteiger partial charge in [0.1, 0.15) is 11.6 Å². The van der Waals surface area contributed by atoms with Crippen molar-refractivity contribution in [3.05, 3.63) is 6.07 Å². The third-order valence-electron chi connectivity index (χ3n) is 2.89. The summed E-state index contributed by atoms with van der Waals surface area (Å²) >= 11 is 1.55. The number of nitrogens with zero attached hydrogens (tertiary/aromatic N) is 2. The maximum absolute atomic E-state index is 4.43. The second-order valence-electron chi connectivity index (χ2n) is 4.48. The molecule has 0 aliphatic rings.